The molecule has 1 aromatic rings. The van der Waals surface area contributed by atoms with Gasteiger partial charge in [-0.25, -0.2) is 4.57 Å². The number of hydrogen-bond donors (Lipinski definition) is 1. The average Bonchev–Trinajstić information content (AvgIpc) is 2.38. The first-order valence-corrected chi connectivity index (χ1v) is 7.76. The predicted octanol–water partition coefficient (Wildman–Crippen LogP) is 4.25. The van der Waals surface area contributed by atoms with E-state index in [-0.39, 0.29) is 13.2 Å². The van der Waals surface area contributed by atoms with Crippen LogP contribution in [0.15, 0.2) is 54.0 Å². The maximum absolute atomic E-state index is 10.7. The highest BCUT2D eigenvalue weighted by Crippen LogP contribution is 2.42. The van der Waals surface area contributed by atoms with Crippen LogP contribution in [-0.2, 0) is 13.6 Å². The van der Waals surface area contributed by atoms with Crippen LogP contribution in [0, 0.1) is 6.92 Å². The molecule has 106 valence electrons. The topological polar surface area (TPSA) is 55.8 Å². The summed E-state index contributed by atoms with van der Waals surface area (Å²) >= 11 is 3.35. The molecule has 0 saturated heterocycles. The lowest BCUT2D eigenvalue weighted by Gasteiger charge is -2.08. The molecule has 0 heterocycles. The predicted molar refractivity (Wildman–Crippen MR) is 81.0 cm³/mol. The third-order valence-corrected chi connectivity index (χ3v) is 3.20. The van der Waals surface area contributed by atoms with Crippen molar-refractivity contribution in [3.8, 4) is 0 Å². The van der Waals surface area contributed by atoms with Gasteiger partial charge in [-0.05, 0) is 19.1 Å². The lowest BCUT2D eigenvalue weighted by molar-refractivity contribution is 0.174. The summed E-state index contributed by atoms with van der Waals surface area (Å²) in [5.74, 6) is 0. The minimum absolute atomic E-state index is 0.00901. The largest absolute Gasteiger partial charge is 0.472 e. The fourth-order valence-electron chi connectivity index (χ4n) is 0.864. The molecular weight excluding hydrogens is 331 g/mol. The Labute approximate surface area is 122 Å². The van der Waals surface area contributed by atoms with E-state index in [9.17, 15) is 4.57 Å². The standard InChI is InChI=1S/C7H7Br.C6H11O4P/c1-6-2-4-7(8)5-3-6;1-3-5-9-11(7,8)10-6-4-2/h2-5H,1H3;3-4H,1-2,5-6H2,(H,7,8). The first-order valence-electron chi connectivity index (χ1n) is 5.47. The Bertz CT molecular complexity index is 394. The van der Waals surface area contributed by atoms with Gasteiger partial charge in [0, 0.05) is 4.47 Å². The van der Waals surface area contributed by atoms with E-state index >= 15 is 0 Å². The number of phosphoric acid groups is 1. The molecule has 1 aromatic carbocycles. The second kappa shape index (κ2) is 10.1. The molecule has 0 radical (unpaired) electrons. The number of aryl methyl sites for hydroxylation is 1. The first-order chi connectivity index (χ1) is 8.91. The zero-order chi connectivity index (χ0) is 14.7. The molecule has 4 nitrogen and oxygen atoms in total. The summed E-state index contributed by atoms with van der Waals surface area (Å²) in [6, 6.07) is 8.22. The molecule has 0 aliphatic carbocycles. The van der Waals surface area contributed by atoms with Crippen LogP contribution in [0.1, 0.15) is 5.56 Å². The minimum atomic E-state index is -3.87. The molecule has 1 N–H and O–H groups in total. The van der Waals surface area contributed by atoms with E-state index in [0.717, 1.165) is 4.47 Å². The lowest BCUT2D eigenvalue weighted by Crippen LogP contribution is -1.94. The molecule has 0 bridgehead atoms. The Balaban J connectivity index is 0.000000356. The molecule has 0 aromatic heterocycles. The molecule has 19 heavy (non-hydrogen) atoms. The summed E-state index contributed by atoms with van der Waals surface area (Å²) in [5.41, 5.74) is 1.30. The van der Waals surface area contributed by atoms with E-state index in [1.807, 2.05) is 12.1 Å². The monoisotopic (exact) mass is 348 g/mol. The number of halogens is 1. The van der Waals surface area contributed by atoms with Crippen molar-refractivity contribution < 1.29 is 18.5 Å². The van der Waals surface area contributed by atoms with Gasteiger partial charge in [0.25, 0.3) is 0 Å². The van der Waals surface area contributed by atoms with Crippen molar-refractivity contribution >= 4 is 23.8 Å². The van der Waals surface area contributed by atoms with Gasteiger partial charge in [-0.1, -0.05) is 45.8 Å². The molecule has 0 aliphatic rings. The zero-order valence-electron chi connectivity index (χ0n) is 10.8. The molecule has 0 aliphatic heterocycles. The summed E-state index contributed by atoms with van der Waals surface area (Å²) < 4.78 is 20.7. The van der Waals surface area contributed by atoms with Crippen molar-refractivity contribution in [2.75, 3.05) is 13.2 Å². The Hall–Kier alpha value is -0.710. The van der Waals surface area contributed by atoms with Crippen LogP contribution in [0.25, 0.3) is 0 Å². The molecule has 0 unspecified atom stereocenters. The smallest absolute Gasteiger partial charge is 0.302 e. The Morgan fingerprint density at radius 2 is 1.63 bits per heavy atom. The van der Waals surface area contributed by atoms with Crippen LogP contribution in [0.3, 0.4) is 0 Å². The molecule has 0 saturated carbocycles. The van der Waals surface area contributed by atoms with E-state index < -0.39 is 7.82 Å². The van der Waals surface area contributed by atoms with Crippen LogP contribution in [0.4, 0.5) is 0 Å². The van der Waals surface area contributed by atoms with Crippen LogP contribution in [0.2, 0.25) is 0 Å². The molecular formula is C13H18BrO4P. The number of benzene rings is 1. The van der Waals surface area contributed by atoms with E-state index in [1.165, 1.54) is 17.7 Å². The molecule has 0 spiro atoms. The van der Waals surface area contributed by atoms with Crippen molar-refractivity contribution in [1.29, 1.82) is 0 Å². The molecule has 0 fully saturated rings. The van der Waals surface area contributed by atoms with Crippen molar-refractivity contribution in [2.24, 2.45) is 0 Å². The van der Waals surface area contributed by atoms with Crippen molar-refractivity contribution in [1.82, 2.24) is 0 Å². The highest BCUT2D eigenvalue weighted by Gasteiger charge is 2.18. The van der Waals surface area contributed by atoms with Gasteiger partial charge in [0.1, 0.15) is 0 Å². The van der Waals surface area contributed by atoms with Crippen molar-refractivity contribution in [2.45, 2.75) is 6.92 Å². The second-order valence-electron chi connectivity index (χ2n) is 3.43. The van der Waals surface area contributed by atoms with Gasteiger partial charge in [0.2, 0.25) is 0 Å². The normalized spacial score (nSPS) is 10.3. The van der Waals surface area contributed by atoms with Crippen LogP contribution in [-0.4, -0.2) is 18.1 Å². The Morgan fingerprint density at radius 1 is 1.21 bits per heavy atom. The van der Waals surface area contributed by atoms with Crippen LogP contribution >= 0.6 is 23.8 Å². The number of phosphoric ester groups is 1. The average molecular weight is 349 g/mol. The van der Waals surface area contributed by atoms with Gasteiger partial charge in [0.05, 0.1) is 13.2 Å². The second-order valence-corrected chi connectivity index (χ2v) is 5.80. The third-order valence-electron chi connectivity index (χ3n) is 1.72. The SMILES string of the molecule is C=CCOP(=O)(O)OCC=C.Cc1ccc(Br)cc1. The number of hydrogen-bond acceptors (Lipinski definition) is 3. The van der Waals surface area contributed by atoms with Crippen LogP contribution < -0.4 is 0 Å². The van der Waals surface area contributed by atoms with Gasteiger partial charge >= 0.3 is 7.82 Å². The van der Waals surface area contributed by atoms with Gasteiger partial charge in [-0.3, -0.25) is 9.05 Å². The van der Waals surface area contributed by atoms with Gasteiger partial charge < -0.3 is 4.89 Å². The Kier molecular flexibility index (Phi) is 9.74. The van der Waals surface area contributed by atoms with Crippen molar-refractivity contribution in [3.63, 3.8) is 0 Å². The third kappa shape index (κ3) is 10.9. The summed E-state index contributed by atoms with van der Waals surface area (Å²) in [6.45, 7) is 8.68. The summed E-state index contributed by atoms with van der Waals surface area (Å²) in [4.78, 5) is 8.79. The molecule has 0 atom stereocenters. The molecule has 1 rings (SSSR count). The zero-order valence-corrected chi connectivity index (χ0v) is 13.3. The minimum Gasteiger partial charge on any atom is -0.302 e. The Morgan fingerprint density at radius 3 is 1.95 bits per heavy atom. The van der Waals surface area contributed by atoms with Gasteiger partial charge in [-0.15, -0.1) is 13.2 Å². The van der Waals surface area contributed by atoms with Gasteiger partial charge in [-0.2, -0.15) is 0 Å². The van der Waals surface area contributed by atoms with E-state index in [0.29, 0.717) is 0 Å². The molecule has 0 amide bonds. The van der Waals surface area contributed by atoms with E-state index in [4.69, 9.17) is 4.89 Å². The van der Waals surface area contributed by atoms with Gasteiger partial charge in [0.15, 0.2) is 0 Å². The maximum atomic E-state index is 10.7. The van der Waals surface area contributed by atoms with E-state index in [2.05, 4.69) is 57.2 Å². The molecule has 6 heteroatoms. The lowest BCUT2D eigenvalue weighted by atomic mass is 10.2. The maximum Gasteiger partial charge on any atom is 0.472 e. The van der Waals surface area contributed by atoms with Crippen molar-refractivity contribution in [3.05, 3.63) is 59.6 Å². The fourth-order valence-corrected chi connectivity index (χ4v) is 1.79. The van der Waals surface area contributed by atoms with Crippen LogP contribution in [0.5, 0.6) is 0 Å². The fraction of sp³-hybridized carbons (Fsp3) is 0.231. The quantitative estimate of drug-likeness (QED) is 0.616. The summed E-state index contributed by atoms with van der Waals surface area (Å²) in [7, 11) is -3.87. The highest BCUT2D eigenvalue weighted by atomic mass is 79.9. The summed E-state index contributed by atoms with van der Waals surface area (Å²) in [5, 5.41) is 0. The number of rotatable bonds is 6. The highest BCUT2D eigenvalue weighted by molar-refractivity contribution is 9.10. The first kappa shape index (κ1) is 18.3. The van der Waals surface area contributed by atoms with E-state index in [1.54, 1.807) is 0 Å². The summed E-state index contributed by atoms with van der Waals surface area (Å²) in [6.07, 6.45) is 2.72.